The molecule has 9 heavy (non-hydrogen) atoms. The van der Waals surface area contributed by atoms with E-state index in [0.29, 0.717) is 0 Å². The van der Waals surface area contributed by atoms with Crippen LogP contribution in [0.25, 0.3) is 0 Å². The zero-order valence-corrected chi connectivity index (χ0v) is 6.19. The fourth-order valence-electron chi connectivity index (χ4n) is 0.976. The number of amides is 1. The maximum absolute atomic E-state index is 10.9. The number of carbonyl (C=O) groups is 1. The molecule has 1 saturated heterocycles. The van der Waals surface area contributed by atoms with Gasteiger partial charge in [0.1, 0.15) is 0 Å². The summed E-state index contributed by atoms with van der Waals surface area (Å²) in [6.07, 6.45) is 0. The third kappa shape index (κ3) is 0.934. The Morgan fingerprint density at radius 2 is 2.22 bits per heavy atom. The van der Waals surface area contributed by atoms with Gasteiger partial charge in [-0.05, 0) is 5.41 Å². The lowest BCUT2D eigenvalue weighted by atomic mass is 9.83. The van der Waals surface area contributed by atoms with Gasteiger partial charge in [-0.15, -0.1) is 0 Å². The highest BCUT2D eigenvalue weighted by Gasteiger charge is 2.37. The minimum Gasteiger partial charge on any atom is -0.355 e. The third-order valence-corrected chi connectivity index (χ3v) is 2.28. The molecule has 52 valence electrons. The van der Waals surface area contributed by atoms with Crippen LogP contribution in [0, 0.1) is 11.3 Å². The standard InChI is InChI=1S/C7H13NO/c1-5-6(9)8-4-7(5,2)3/h5H,4H2,1-3H3,(H,8,9)/t5-/m0/s1. The number of hydrogen-bond donors (Lipinski definition) is 1. The van der Waals surface area contributed by atoms with Crippen molar-refractivity contribution in [2.75, 3.05) is 6.54 Å². The van der Waals surface area contributed by atoms with Gasteiger partial charge >= 0.3 is 0 Å². The molecule has 1 N–H and O–H groups in total. The smallest absolute Gasteiger partial charge is 0.223 e. The molecule has 0 bridgehead atoms. The van der Waals surface area contributed by atoms with Crippen molar-refractivity contribution in [1.82, 2.24) is 5.32 Å². The first kappa shape index (κ1) is 6.59. The van der Waals surface area contributed by atoms with Crippen molar-refractivity contribution >= 4 is 5.91 Å². The average Bonchev–Trinajstić information content (AvgIpc) is 1.97. The Kier molecular flexibility index (Phi) is 1.26. The molecule has 2 heteroatoms. The molecule has 1 atom stereocenters. The van der Waals surface area contributed by atoms with Crippen LogP contribution >= 0.6 is 0 Å². The highest BCUT2D eigenvalue weighted by molar-refractivity contribution is 5.81. The molecule has 1 rings (SSSR count). The van der Waals surface area contributed by atoms with Crippen LogP contribution in [0.5, 0.6) is 0 Å². The maximum Gasteiger partial charge on any atom is 0.223 e. The molecule has 1 aliphatic heterocycles. The fraction of sp³-hybridized carbons (Fsp3) is 0.857. The van der Waals surface area contributed by atoms with Crippen molar-refractivity contribution in [3.8, 4) is 0 Å². The maximum atomic E-state index is 10.9. The second kappa shape index (κ2) is 1.72. The molecule has 0 aromatic rings. The van der Waals surface area contributed by atoms with E-state index in [1.54, 1.807) is 0 Å². The Morgan fingerprint density at radius 3 is 2.33 bits per heavy atom. The van der Waals surface area contributed by atoms with Crippen LogP contribution in [0.1, 0.15) is 20.8 Å². The van der Waals surface area contributed by atoms with E-state index in [9.17, 15) is 4.79 Å². The fourth-order valence-corrected chi connectivity index (χ4v) is 0.976. The van der Waals surface area contributed by atoms with E-state index in [0.717, 1.165) is 6.54 Å². The highest BCUT2D eigenvalue weighted by Crippen LogP contribution is 2.29. The zero-order valence-electron chi connectivity index (χ0n) is 6.19. The lowest BCUT2D eigenvalue weighted by molar-refractivity contribution is -0.123. The lowest BCUT2D eigenvalue weighted by Crippen LogP contribution is -2.20. The molecule has 0 aromatic heterocycles. The first-order chi connectivity index (χ1) is 4.04. The Morgan fingerprint density at radius 1 is 1.67 bits per heavy atom. The molecule has 0 unspecified atom stereocenters. The SMILES string of the molecule is C[C@H]1C(=O)NCC1(C)C. The van der Waals surface area contributed by atoms with E-state index in [1.807, 2.05) is 6.92 Å². The van der Waals surface area contributed by atoms with Crippen LogP contribution in [0.2, 0.25) is 0 Å². The van der Waals surface area contributed by atoms with Gasteiger partial charge in [0.05, 0.1) is 0 Å². The summed E-state index contributed by atoms with van der Waals surface area (Å²) in [6.45, 7) is 7.01. The number of rotatable bonds is 0. The molecule has 2 nitrogen and oxygen atoms in total. The van der Waals surface area contributed by atoms with Crippen LogP contribution < -0.4 is 5.32 Å². The van der Waals surface area contributed by atoms with Gasteiger partial charge in [0.25, 0.3) is 0 Å². The van der Waals surface area contributed by atoms with E-state index >= 15 is 0 Å². The van der Waals surface area contributed by atoms with Gasteiger partial charge in [-0.3, -0.25) is 4.79 Å². The molecule has 0 aliphatic carbocycles. The van der Waals surface area contributed by atoms with Gasteiger partial charge in [-0.25, -0.2) is 0 Å². The lowest BCUT2D eigenvalue weighted by Gasteiger charge is -2.18. The van der Waals surface area contributed by atoms with Gasteiger partial charge in [-0.1, -0.05) is 20.8 Å². The van der Waals surface area contributed by atoms with Gasteiger partial charge in [0, 0.05) is 12.5 Å². The van der Waals surface area contributed by atoms with Gasteiger partial charge in [0.2, 0.25) is 5.91 Å². The van der Waals surface area contributed by atoms with Crippen molar-refractivity contribution in [2.45, 2.75) is 20.8 Å². The molecule has 0 aromatic carbocycles. The molecule has 0 radical (unpaired) electrons. The van der Waals surface area contributed by atoms with E-state index in [2.05, 4.69) is 19.2 Å². The first-order valence-electron chi connectivity index (χ1n) is 3.32. The van der Waals surface area contributed by atoms with E-state index < -0.39 is 0 Å². The van der Waals surface area contributed by atoms with Crippen LogP contribution in [-0.4, -0.2) is 12.5 Å². The van der Waals surface area contributed by atoms with Crippen LogP contribution in [0.4, 0.5) is 0 Å². The summed E-state index contributed by atoms with van der Waals surface area (Å²) >= 11 is 0. The minimum absolute atomic E-state index is 0.164. The van der Waals surface area contributed by atoms with Gasteiger partial charge < -0.3 is 5.32 Å². The number of hydrogen-bond acceptors (Lipinski definition) is 1. The van der Waals surface area contributed by atoms with Crippen molar-refractivity contribution < 1.29 is 4.79 Å². The van der Waals surface area contributed by atoms with Crippen LogP contribution in [0.3, 0.4) is 0 Å². The predicted octanol–water partition coefficient (Wildman–Crippen LogP) is 0.778. The monoisotopic (exact) mass is 127 g/mol. The Hall–Kier alpha value is -0.530. The normalized spacial score (nSPS) is 32.3. The molecular formula is C7H13NO. The summed E-state index contributed by atoms with van der Waals surface area (Å²) in [5.41, 5.74) is 0.164. The molecule has 1 amide bonds. The van der Waals surface area contributed by atoms with Gasteiger partial charge in [-0.2, -0.15) is 0 Å². The first-order valence-corrected chi connectivity index (χ1v) is 3.32. The Bertz CT molecular complexity index is 140. The molecule has 0 spiro atoms. The summed E-state index contributed by atoms with van der Waals surface area (Å²) in [7, 11) is 0. The summed E-state index contributed by atoms with van der Waals surface area (Å²) in [5, 5.41) is 2.82. The summed E-state index contributed by atoms with van der Waals surface area (Å²) in [4.78, 5) is 10.9. The van der Waals surface area contributed by atoms with Crippen molar-refractivity contribution in [3.05, 3.63) is 0 Å². The van der Waals surface area contributed by atoms with Crippen molar-refractivity contribution in [3.63, 3.8) is 0 Å². The summed E-state index contributed by atoms with van der Waals surface area (Å²) in [6, 6.07) is 0. The average molecular weight is 127 g/mol. The van der Waals surface area contributed by atoms with Gasteiger partial charge in [0.15, 0.2) is 0 Å². The molecular weight excluding hydrogens is 114 g/mol. The van der Waals surface area contributed by atoms with E-state index in [4.69, 9.17) is 0 Å². The minimum atomic E-state index is 0.164. The summed E-state index contributed by atoms with van der Waals surface area (Å²) in [5.74, 6) is 0.373. The van der Waals surface area contributed by atoms with E-state index in [-0.39, 0.29) is 17.2 Å². The Balaban J connectivity index is 2.73. The van der Waals surface area contributed by atoms with Crippen molar-refractivity contribution in [1.29, 1.82) is 0 Å². The topological polar surface area (TPSA) is 29.1 Å². The second-order valence-electron chi connectivity index (χ2n) is 3.43. The van der Waals surface area contributed by atoms with Crippen molar-refractivity contribution in [2.24, 2.45) is 11.3 Å². The Labute approximate surface area is 55.6 Å². The second-order valence-corrected chi connectivity index (χ2v) is 3.43. The number of nitrogens with one attached hydrogen (secondary N) is 1. The largest absolute Gasteiger partial charge is 0.355 e. The third-order valence-electron chi connectivity index (χ3n) is 2.28. The molecule has 1 heterocycles. The molecule has 1 fully saturated rings. The quantitative estimate of drug-likeness (QED) is 0.512. The summed E-state index contributed by atoms with van der Waals surface area (Å²) < 4.78 is 0. The number of carbonyl (C=O) groups excluding carboxylic acids is 1. The highest BCUT2D eigenvalue weighted by atomic mass is 16.2. The van der Waals surface area contributed by atoms with Crippen LogP contribution in [0.15, 0.2) is 0 Å². The van der Waals surface area contributed by atoms with E-state index in [1.165, 1.54) is 0 Å². The predicted molar refractivity (Wildman–Crippen MR) is 36.0 cm³/mol. The molecule has 0 saturated carbocycles. The van der Waals surface area contributed by atoms with Crippen LogP contribution in [-0.2, 0) is 4.79 Å². The zero-order chi connectivity index (χ0) is 7.07. The molecule has 1 aliphatic rings.